The maximum absolute atomic E-state index is 12.9. The van der Waals surface area contributed by atoms with E-state index in [9.17, 15) is 18.0 Å². The summed E-state index contributed by atoms with van der Waals surface area (Å²) in [6, 6.07) is -2.43. The molecular weight excluding hydrogens is 448 g/mol. The van der Waals surface area contributed by atoms with Crippen molar-refractivity contribution >= 4 is 28.2 Å². The number of nitrogens with one attached hydrogen (secondary N) is 2. The Balaban J connectivity index is 1.73. The monoisotopic (exact) mass is 474 g/mol. The van der Waals surface area contributed by atoms with Crippen molar-refractivity contribution in [1.29, 1.82) is 0 Å². The summed E-state index contributed by atoms with van der Waals surface area (Å²) in [6.07, 6.45) is 3.03. The van der Waals surface area contributed by atoms with Gasteiger partial charge in [0.2, 0.25) is 5.91 Å². The number of rotatable bonds is 10. The number of fused-ring (bicyclic) bond motifs is 4. The SMILES string of the molecule is CN=C(NOCC(=O)NCCCCN)[C@@H]1c2c(cnn2C)[C@@H]2CN1C(=O)N2OS(=O)(=O)O. The number of unbranched alkanes of at least 4 members (excludes halogenated alkanes) is 1. The molecule has 0 saturated carbocycles. The standard InChI is InChI=1S/C16H26N8O7S/c1-18-15(21-30-9-12(25)19-6-4-3-5-17)14-13-10(7-20-22(13)2)11-8-23(14)16(26)24(11)31-32(27,28)29/h7,11,14H,3-6,8-9,17H2,1-2H3,(H,18,21)(H,19,25)(H,27,28,29)/t11-,14-/m0/s1. The predicted molar refractivity (Wildman–Crippen MR) is 109 cm³/mol. The topological polar surface area (TPSA) is 194 Å². The number of hydrogen-bond donors (Lipinski definition) is 4. The largest absolute Gasteiger partial charge is 0.418 e. The molecular formula is C16H26N8O7S. The zero-order valence-corrected chi connectivity index (χ0v) is 18.4. The molecule has 2 aliphatic rings. The van der Waals surface area contributed by atoms with Crippen molar-refractivity contribution in [3.63, 3.8) is 0 Å². The summed E-state index contributed by atoms with van der Waals surface area (Å²) in [4.78, 5) is 35.4. The predicted octanol–water partition coefficient (Wildman–Crippen LogP) is -1.61. The zero-order valence-electron chi connectivity index (χ0n) is 17.6. The van der Waals surface area contributed by atoms with Gasteiger partial charge in [-0.1, -0.05) is 0 Å². The number of amides is 3. The number of carbonyl (C=O) groups excluding carboxylic acids is 2. The first-order valence-corrected chi connectivity index (χ1v) is 11.1. The Morgan fingerprint density at radius 1 is 1.44 bits per heavy atom. The van der Waals surface area contributed by atoms with E-state index in [0.29, 0.717) is 29.4 Å². The summed E-state index contributed by atoms with van der Waals surface area (Å²) in [5.74, 6) is -0.161. The van der Waals surface area contributed by atoms with Crippen LogP contribution in [0.25, 0.3) is 0 Å². The molecule has 5 N–H and O–H groups in total. The minimum absolute atomic E-state index is 0.0556. The average molecular weight is 475 g/mol. The van der Waals surface area contributed by atoms with Crippen LogP contribution in [0.3, 0.4) is 0 Å². The number of hydrogen-bond acceptors (Lipinski definition) is 9. The lowest BCUT2D eigenvalue weighted by atomic mass is 9.97. The molecule has 0 aromatic carbocycles. The summed E-state index contributed by atoms with van der Waals surface area (Å²) in [7, 11) is -1.81. The van der Waals surface area contributed by atoms with Crippen LogP contribution in [0.4, 0.5) is 4.79 Å². The Morgan fingerprint density at radius 2 is 2.19 bits per heavy atom. The second-order valence-electron chi connectivity index (χ2n) is 7.14. The Labute approximate surface area is 184 Å². The fraction of sp³-hybridized carbons (Fsp3) is 0.625. The van der Waals surface area contributed by atoms with Gasteiger partial charge in [0.15, 0.2) is 6.61 Å². The maximum Gasteiger partial charge on any atom is 0.418 e. The van der Waals surface area contributed by atoms with Crippen LogP contribution in [-0.2, 0) is 31.4 Å². The first kappa shape index (κ1) is 23.9. The Kier molecular flexibility index (Phi) is 7.29. The molecule has 16 heteroatoms. The van der Waals surface area contributed by atoms with E-state index in [-0.39, 0.29) is 24.9 Å². The van der Waals surface area contributed by atoms with E-state index in [1.807, 2.05) is 0 Å². The summed E-state index contributed by atoms with van der Waals surface area (Å²) in [6.45, 7) is 0.772. The van der Waals surface area contributed by atoms with E-state index in [2.05, 4.69) is 25.2 Å². The Morgan fingerprint density at radius 3 is 2.84 bits per heavy atom. The van der Waals surface area contributed by atoms with Crippen molar-refractivity contribution in [2.75, 3.05) is 33.3 Å². The van der Waals surface area contributed by atoms with E-state index < -0.39 is 28.5 Å². The van der Waals surface area contributed by atoms with Crippen LogP contribution in [0.1, 0.15) is 36.2 Å². The second kappa shape index (κ2) is 9.78. The number of urea groups is 1. The third kappa shape index (κ3) is 4.99. The number of carbonyl (C=O) groups is 2. The Bertz CT molecular complexity index is 995. The number of nitrogens with two attached hydrogens (primary N) is 1. The molecule has 3 amide bonds. The lowest BCUT2D eigenvalue weighted by molar-refractivity contribution is -0.127. The van der Waals surface area contributed by atoms with E-state index >= 15 is 0 Å². The molecule has 178 valence electrons. The van der Waals surface area contributed by atoms with Gasteiger partial charge in [-0.2, -0.15) is 18.6 Å². The van der Waals surface area contributed by atoms with E-state index in [1.54, 1.807) is 7.05 Å². The molecule has 15 nitrogen and oxygen atoms in total. The molecule has 0 radical (unpaired) electrons. The van der Waals surface area contributed by atoms with Crippen LogP contribution >= 0.6 is 0 Å². The highest BCUT2D eigenvalue weighted by molar-refractivity contribution is 7.80. The molecule has 1 aromatic rings. The first-order valence-electron chi connectivity index (χ1n) is 9.77. The van der Waals surface area contributed by atoms with Crippen LogP contribution in [0, 0.1) is 0 Å². The molecule has 0 unspecified atom stereocenters. The number of nitrogens with zero attached hydrogens (tertiary/aromatic N) is 5. The average Bonchev–Trinajstić information content (AvgIpc) is 3.23. The van der Waals surface area contributed by atoms with Gasteiger partial charge in [0.25, 0.3) is 0 Å². The van der Waals surface area contributed by atoms with E-state index in [4.69, 9.17) is 15.1 Å². The highest BCUT2D eigenvalue weighted by Gasteiger charge is 2.53. The van der Waals surface area contributed by atoms with Crippen LogP contribution < -0.4 is 16.5 Å². The molecule has 1 fully saturated rings. The van der Waals surface area contributed by atoms with E-state index in [0.717, 1.165) is 12.8 Å². The highest BCUT2D eigenvalue weighted by Crippen LogP contribution is 2.44. The maximum atomic E-state index is 12.9. The van der Waals surface area contributed by atoms with Gasteiger partial charge in [-0.15, -0.1) is 4.28 Å². The molecule has 0 aliphatic carbocycles. The molecule has 1 saturated heterocycles. The Hall–Kier alpha value is -2.79. The van der Waals surface area contributed by atoms with Gasteiger partial charge in [0.05, 0.1) is 18.4 Å². The van der Waals surface area contributed by atoms with E-state index in [1.165, 1.54) is 22.8 Å². The zero-order chi connectivity index (χ0) is 23.5. The molecule has 0 spiro atoms. The van der Waals surface area contributed by atoms with Crippen LogP contribution in [0.2, 0.25) is 0 Å². The minimum Gasteiger partial charge on any atom is -0.354 e. The fourth-order valence-electron chi connectivity index (χ4n) is 3.65. The first-order chi connectivity index (χ1) is 15.2. The number of hydroxylamine groups is 3. The van der Waals surface area contributed by atoms with Crippen LogP contribution in [-0.4, -0.2) is 83.8 Å². The number of aryl methyl sites for hydroxylation is 1. The van der Waals surface area contributed by atoms with Gasteiger partial charge in [0.1, 0.15) is 17.9 Å². The molecule has 32 heavy (non-hydrogen) atoms. The molecule has 2 aliphatic heterocycles. The summed E-state index contributed by atoms with van der Waals surface area (Å²) >= 11 is 0. The smallest absolute Gasteiger partial charge is 0.354 e. The molecule has 3 rings (SSSR count). The van der Waals surface area contributed by atoms with Gasteiger partial charge < -0.3 is 16.0 Å². The second-order valence-corrected chi connectivity index (χ2v) is 8.14. The lowest BCUT2D eigenvalue weighted by Crippen LogP contribution is -2.45. The lowest BCUT2D eigenvalue weighted by Gasteiger charge is -2.31. The number of amidine groups is 1. The molecule has 2 bridgehead atoms. The summed E-state index contributed by atoms with van der Waals surface area (Å²) in [5.41, 5.74) is 9.07. The van der Waals surface area contributed by atoms with Crippen molar-refractivity contribution in [1.82, 2.24) is 30.5 Å². The number of aliphatic imine (C=N–C) groups is 1. The van der Waals surface area contributed by atoms with Crippen molar-refractivity contribution in [3.8, 4) is 0 Å². The third-order valence-corrected chi connectivity index (χ3v) is 5.39. The fourth-order valence-corrected chi connectivity index (χ4v) is 4.02. The summed E-state index contributed by atoms with van der Waals surface area (Å²) in [5, 5.41) is 7.46. The highest BCUT2D eigenvalue weighted by atomic mass is 32.3. The van der Waals surface area contributed by atoms with Crippen molar-refractivity contribution in [2.45, 2.75) is 24.9 Å². The van der Waals surface area contributed by atoms with Gasteiger partial charge >= 0.3 is 16.4 Å². The van der Waals surface area contributed by atoms with Crippen molar-refractivity contribution in [3.05, 3.63) is 17.5 Å². The van der Waals surface area contributed by atoms with Crippen LogP contribution in [0.15, 0.2) is 11.2 Å². The molecule has 1 aromatic heterocycles. The van der Waals surface area contributed by atoms with Gasteiger partial charge in [-0.25, -0.2) is 4.79 Å². The summed E-state index contributed by atoms with van der Waals surface area (Å²) < 4.78 is 37.5. The molecule has 2 atom stereocenters. The normalized spacial score (nSPS) is 20.5. The van der Waals surface area contributed by atoms with Crippen molar-refractivity contribution in [2.24, 2.45) is 17.8 Å². The van der Waals surface area contributed by atoms with Gasteiger partial charge in [-0.05, 0) is 19.4 Å². The molecule has 3 heterocycles. The van der Waals surface area contributed by atoms with Crippen LogP contribution in [0.5, 0.6) is 0 Å². The van der Waals surface area contributed by atoms with Gasteiger partial charge in [0, 0.05) is 26.2 Å². The number of aromatic nitrogens is 2. The van der Waals surface area contributed by atoms with Gasteiger partial charge in [-0.3, -0.25) is 29.3 Å². The minimum atomic E-state index is -4.92. The van der Waals surface area contributed by atoms with Crippen molar-refractivity contribution < 1.29 is 31.7 Å². The quantitative estimate of drug-likeness (QED) is 0.101. The third-order valence-electron chi connectivity index (χ3n) is 5.04.